The number of hydrogen-bond acceptors (Lipinski definition) is 12. The number of imide groups is 2. The summed E-state index contributed by atoms with van der Waals surface area (Å²) in [5, 5.41) is 9.42. The standard InChI is InChI=1S/C41H45ClN10O6/c1-43-34(53)9-3-25-19-26-20-27(4-7-32(26)48(2)38(25)56)45-36-31(42)22-44-41(47-36)51-13-11-24(12-14-51)23-49-15-17-50(18-16-49)28-5-6-29-30(21-28)40(58)52(39(29)57)33-8-10-35(54)46-37(33)55/h4-7,19-22,24,33H,3,8-18,23H2,1-2H3,(H,43,53)(H,44,45,47)(H,46,54,55). The number of pyridine rings is 1. The highest BCUT2D eigenvalue weighted by molar-refractivity contribution is 6.33. The molecule has 0 bridgehead atoms. The minimum atomic E-state index is -0.983. The van der Waals surface area contributed by atoms with Crippen molar-refractivity contribution in [2.75, 3.05) is 68.0 Å². The van der Waals surface area contributed by atoms with Crippen LogP contribution >= 0.6 is 11.6 Å². The molecule has 3 fully saturated rings. The molecule has 4 aliphatic heterocycles. The summed E-state index contributed by atoms with van der Waals surface area (Å²) in [5.41, 5.74) is 3.42. The molecule has 2 aromatic carbocycles. The van der Waals surface area contributed by atoms with Crippen LogP contribution in [0, 0.1) is 5.92 Å². The summed E-state index contributed by atoms with van der Waals surface area (Å²) >= 11 is 6.57. The van der Waals surface area contributed by atoms with Crippen LogP contribution in [-0.2, 0) is 27.9 Å². The molecule has 17 heteroatoms. The molecule has 3 N–H and O–H groups in total. The van der Waals surface area contributed by atoms with Crippen LogP contribution in [0.3, 0.4) is 0 Å². The van der Waals surface area contributed by atoms with Crippen LogP contribution < -0.4 is 31.3 Å². The van der Waals surface area contributed by atoms with Gasteiger partial charge in [-0.1, -0.05) is 11.6 Å². The summed E-state index contributed by atoms with van der Waals surface area (Å²) in [5.74, 6) is -0.521. The van der Waals surface area contributed by atoms with Crippen molar-refractivity contribution in [1.82, 2.24) is 35.0 Å². The number of piperazine rings is 1. The Morgan fingerprint density at radius 1 is 0.897 bits per heavy atom. The van der Waals surface area contributed by atoms with E-state index in [1.54, 1.807) is 37.0 Å². The first kappa shape index (κ1) is 39.0. The molecule has 0 aliphatic carbocycles. The van der Waals surface area contributed by atoms with Crippen molar-refractivity contribution in [3.05, 3.63) is 80.7 Å². The molecular formula is C41H45ClN10O6. The second-order valence-electron chi connectivity index (χ2n) is 15.4. The van der Waals surface area contributed by atoms with Gasteiger partial charge in [0.15, 0.2) is 5.82 Å². The fraction of sp³-hybridized carbons (Fsp3) is 0.415. The SMILES string of the molecule is CNC(=O)CCc1cc2cc(Nc3nc(N4CCC(CN5CCN(c6ccc7c(c6)C(=O)N(C6CCC(=O)NC6=O)C7=O)CC5)CC4)ncc3Cl)ccc2n(C)c1=O. The Morgan fingerprint density at radius 3 is 2.40 bits per heavy atom. The summed E-state index contributed by atoms with van der Waals surface area (Å²) < 4.78 is 1.60. The van der Waals surface area contributed by atoms with Crippen molar-refractivity contribution >= 4 is 75.2 Å². The van der Waals surface area contributed by atoms with Crippen molar-refractivity contribution in [2.45, 2.75) is 44.6 Å². The lowest BCUT2D eigenvalue weighted by atomic mass is 9.96. The Labute approximate surface area is 339 Å². The summed E-state index contributed by atoms with van der Waals surface area (Å²) in [6, 6.07) is 11.8. The van der Waals surface area contributed by atoms with Gasteiger partial charge >= 0.3 is 0 Å². The number of rotatable bonds is 10. The van der Waals surface area contributed by atoms with Crippen LogP contribution in [0.2, 0.25) is 5.02 Å². The van der Waals surface area contributed by atoms with Crippen molar-refractivity contribution in [3.63, 3.8) is 0 Å². The van der Waals surface area contributed by atoms with E-state index in [0.717, 1.165) is 85.8 Å². The number of aromatic nitrogens is 3. The Kier molecular flexibility index (Phi) is 10.9. The molecule has 16 nitrogen and oxygen atoms in total. The zero-order valence-corrected chi connectivity index (χ0v) is 33.2. The third kappa shape index (κ3) is 7.73. The van der Waals surface area contributed by atoms with Crippen molar-refractivity contribution in [2.24, 2.45) is 13.0 Å². The van der Waals surface area contributed by atoms with E-state index in [-0.39, 0.29) is 36.3 Å². The fourth-order valence-electron chi connectivity index (χ4n) is 8.44. The number of piperidine rings is 2. The molecule has 8 rings (SSSR count). The molecular weight excluding hydrogens is 764 g/mol. The number of benzene rings is 2. The molecule has 2 aromatic heterocycles. The van der Waals surface area contributed by atoms with Gasteiger partial charge in [0, 0.05) is 95.1 Å². The van der Waals surface area contributed by atoms with Gasteiger partial charge in [0.05, 0.1) is 22.8 Å². The number of aryl methyl sites for hydroxylation is 2. The average molecular weight is 809 g/mol. The number of carbonyl (C=O) groups excluding carboxylic acids is 5. The largest absolute Gasteiger partial charge is 0.369 e. The van der Waals surface area contributed by atoms with Crippen molar-refractivity contribution < 1.29 is 24.0 Å². The number of carbonyl (C=O) groups is 5. The van der Waals surface area contributed by atoms with Crippen LogP contribution in [0.1, 0.15) is 58.4 Å². The lowest BCUT2D eigenvalue weighted by molar-refractivity contribution is -0.136. The fourth-order valence-corrected chi connectivity index (χ4v) is 8.58. The lowest BCUT2D eigenvalue weighted by Crippen LogP contribution is -2.54. The molecule has 4 aromatic rings. The van der Waals surface area contributed by atoms with Gasteiger partial charge in [0.2, 0.25) is 23.7 Å². The molecule has 0 radical (unpaired) electrons. The third-order valence-electron chi connectivity index (χ3n) is 11.8. The van der Waals surface area contributed by atoms with E-state index >= 15 is 0 Å². The minimum absolute atomic E-state index is 0.0836. The normalized spacial score (nSPS) is 19.2. The van der Waals surface area contributed by atoms with E-state index in [1.165, 1.54) is 0 Å². The van der Waals surface area contributed by atoms with Gasteiger partial charge in [0.25, 0.3) is 17.4 Å². The lowest BCUT2D eigenvalue weighted by Gasteiger charge is -2.39. The second kappa shape index (κ2) is 16.2. The van der Waals surface area contributed by atoms with Gasteiger partial charge < -0.3 is 25.0 Å². The maximum absolute atomic E-state index is 13.3. The molecule has 58 heavy (non-hydrogen) atoms. The zero-order valence-electron chi connectivity index (χ0n) is 32.4. The molecule has 3 saturated heterocycles. The van der Waals surface area contributed by atoms with Crippen LogP contribution in [0.25, 0.3) is 10.9 Å². The first-order valence-corrected chi connectivity index (χ1v) is 20.1. The maximum Gasteiger partial charge on any atom is 0.262 e. The van der Waals surface area contributed by atoms with Gasteiger partial charge in [-0.25, -0.2) is 4.98 Å². The first-order valence-electron chi connectivity index (χ1n) is 19.7. The average Bonchev–Trinajstić information content (AvgIpc) is 3.47. The minimum Gasteiger partial charge on any atom is -0.369 e. The Balaban J connectivity index is 0.842. The summed E-state index contributed by atoms with van der Waals surface area (Å²) in [6.07, 6.45) is 4.38. The highest BCUT2D eigenvalue weighted by Gasteiger charge is 2.45. The molecule has 6 heterocycles. The van der Waals surface area contributed by atoms with Crippen molar-refractivity contribution in [3.8, 4) is 0 Å². The number of fused-ring (bicyclic) bond motifs is 2. The predicted octanol–water partition coefficient (Wildman–Crippen LogP) is 2.84. The van der Waals surface area contributed by atoms with Gasteiger partial charge in [-0.05, 0) is 74.1 Å². The van der Waals surface area contributed by atoms with Gasteiger partial charge in [0.1, 0.15) is 11.1 Å². The van der Waals surface area contributed by atoms with E-state index < -0.39 is 29.7 Å². The summed E-state index contributed by atoms with van der Waals surface area (Å²) in [7, 11) is 3.31. The smallest absolute Gasteiger partial charge is 0.262 e. The number of halogens is 1. The third-order valence-corrected chi connectivity index (χ3v) is 12.0. The van der Waals surface area contributed by atoms with E-state index in [4.69, 9.17) is 16.6 Å². The van der Waals surface area contributed by atoms with Crippen LogP contribution in [0.5, 0.6) is 0 Å². The molecule has 1 atom stereocenters. The van der Waals surface area contributed by atoms with Crippen LogP contribution in [0.4, 0.5) is 23.1 Å². The van der Waals surface area contributed by atoms with Crippen molar-refractivity contribution in [1.29, 1.82) is 0 Å². The van der Waals surface area contributed by atoms with Crippen LogP contribution in [-0.4, -0.2) is 113 Å². The van der Waals surface area contributed by atoms with Gasteiger partial charge in [-0.3, -0.25) is 43.9 Å². The topological polar surface area (TPSA) is 182 Å². The zero-order chi connectivity index (χ0) is 40.7. The molecule has 0 saturated carbocycles. The van der Waals surface area contributed by atoms with E-state index in [2.05, 4.69) is 35.6 Å². The number of nitrogens with zero attached hydrogens (tertiary/aromatic N) is 7. The Hall–Kier alpha value is -5.87. The molecule has 4 aliphatic rings. The predicted molar refractivity (Wildman–Crippen MR) is 219 cm³/mol. The second-order valence-corrected chi connectivity index (χ2v) is 15.8. The maximum atomic E-state index is 13.3. The van der Waals surface area contributed by atoms with E-state index in [9.17, 15) is 28.8 Å². The number of nitrogens with one attached hydrogen (secondary N) is 3. The molecule has 0 spiro atoms. The Bertz CT molecular complexity index is 2390. The molecule has 302 valence electrons. The number of amides is 5. The first-order chi connectivity index (χ1) is 28.0. The van der Waals surface area contributed by atoms with E-state index in [0.29, 0.717) is 40.3 Å². The highest BCUT2D eigenvalue weighted by atomic mass is 35.5. The summed E-state index contributed by atoms with van der Waals surface area (Å²) in [6.45, 7) is 5.89. The molecule has 1 unspecified atom stereocenters. The molecule has 5 amide bonds. The number of anilines is 4. The summed E-state index contributed by atoms with van der Waals surface area (Å²) in [4.78, 5) is 92.5. The van der Waals surface area contributed by atoms with E-state index in [1.807, 2.05) is 30.3 Å². The van der Waals surface area contributed by atoms with Gasteiger partial charge in [-0.2, -0.15) is 4.98 Å². The quantitative estimate of drug-likeness (QED) is 0.200. The monoisotopic (exact) mass is 808 g/mol. The number of hydrogen-bond donors (Lipinski definition) is 3. The highest BCUT2D eigenvalue weighted by Crippen LogP contribution is 2.32. The van der Waals surface area contributed by atoms with Crippen LogP contribution in [0.15, 0.2) is 53.5 Å². The Morgan fingerprint density at radius 2 is 1.66 bits per heavy atom. The van der Waals surface area contributed by atoms with Gasteiger partial charge in [-0.15, -0.1) is 0 Å².